The first-order chi connectivity index (χ1) is 10.6. The monoisotopic (exact) mass is 333 g/mol. The summed E-state index contributed by atoms with van der Waals surface area (Å²) in [6.07, 6.45) is 0. The number of thiazole rings is 1. The molecule has 7 heteroatoms. The largest absolute Gasteiger partial charge is 0.327 e. The van der Waals surface area contributed by atoms with Crippen molar-refractivity contribution < 1.29 is 9.59 Å². The van der Waals surface area contributed by atoms with Crippen LogP contribution in [0.25, 0.3) is 0 Å². The molecule has 0 aliphatic carbocycles. The van der Waals surface area contributed by atoms with E-state index in [1.807, 2.05) is 25.1 Å². The fourth-order valence-corrected chi connectivity index (χ4v) is 3.78. The molecule has 1 aromatic carbocycles. The van der Waals surface area contributed by atoms with Gasteiger partial charge in [-0.25, -0.2) is 4.98 Å². The first-order valence-corrected chi connectivity index (χ1v) is 8.88. The van der Waals surface area contributed by atoms with Crippen molar-refractivity contribution in [1.82, 2.24) is 9.88 Å². The quantitative estimate of drug-likeness (QED) is 0.938. The van der Waals surface area contributed by atoms with Crippen molar-refractivity contribution in [2.24, 2.45) is 0 Å². The molecule has 3 rings (SSSR count). The summed E-state index contributed by atoms with van der Waals surface area (Å²) in [5, 5.41) is 4.90. The fourth-order valence-electron chi connectivity index (χ4n) is 2.16. The highest BCUT2D eigenvalue weighted by Gasteiger charge is 2.22. The zero-order valence-corrected chi connectivity index (χ0v) is 13.7. The van der Waals surface area contributed by atoms with Gasteiger partial charge in [0, 0.05) is 23.2 Å². The van der Waals surface area contributed by atoms with Gasteiger partial charge in [0.1, 0.15) is 5.69 Å². The molecule has 0 bridgehead atoms. The van der Waals surface area contributed by atoms with E-state index in [9.17, 15) is 9.59 Å². The smallest absolute Gasteiger partial charge is 0.274 e. The molecule has 0 spiro atoms. The van der Waals surface area contributed by atoms with Gasteiger partial charge in [0.25, 0.3) is 11.8 Å². The summed E-state index contributed by atoms with van der Waals surface area (Å²) in [5.74, 6) is 1.40. The number of aryl methyl sites for hydroxylation is 1. The summed E-state index contributed by atoms with van der Waals surface area (Å²) >= 11 is 3.00. The maximum atomic E-state index is 12.2. The standard InChI is InChI=1S/C15H15N3O2S2/c1-10-4-2-3-5-11(10)13(19)17-15-16-12(8-22-15)14(20)18-6-7-21-9-18/h2-5,8H,6-7,9H2,1H3,(H,16,17,19). The number of carbonyl (C=O) groups is 2. The Bertz CT molecular complexity index is 708. The molecule has 1 saturated heterocycles. The van der Waals surface area contributed by atoms with Gasteiger partial charge in [-0.2, -0.15) is 0 Å². The molecule has 5 nitrogen and oxygen atoms in total. The predicted molar refractivity (Wildman–Crippen MR) is 89.6 cm³/mol. The van der Waals surface area contributed by atoms with Crippen molar-refractivity contribution in [2.75, 3.05) is 23.5 Å². The first kappa shape index (κ1) is 15.1. The molecular formula is C15H15N3O2S2. The number of thioether (sulfide) groups is 1. The average molecular weight is 333 g/mol. The van der Waals surface area contributed by atoms with E-state index in [4.69, 9.17) is 0 Å². The van der Waals surface area contributed by atoms with Gasteiger partial charge in [-0.05, 0) is 18.6 Å². The Kier molecular flexibility index (Phi) is 4.44. The lowest BCUT2D eigenvalue weighted by molar-refractivity contribution is 0.0797. The van der Waals surface area contributed by atoms with Gasteiger partial charge in [-0.1, -0.05) is 18.2 Å². The van der Waals surface area contributed by atoms with E-state index in [0.29, 0.717) is 22.3 Å². The van der Waals surface area contributed by atoms with Crippen LogP contribution in [-0.4, -0.2) is 39.9 Å². The highest BCUT2D eigenvalue weighted by Crippen LogP contribution is 2.21. The van der Waals surface area contributed by atoms with Gasteiger partial charge < -0.3 is 4.90 Å². The predicted octanol–water partition coefficient (Wildman–Crippen LogP) is 2.85. The van der Waals surface area contributed by atoms with Crippen LogP contribution in [0.2, 0.25) is 0 Å². The Labute approximate surface area is 136 Å². The number of nitrogens with one attached hydrogen (secondary N) is 1. The summed E-state index contributed by atoms with van der Waals surface area (Å²) in [6, 6.07) is 7.37. The molecule has 0 atom stereocenters. The minimum atomic E-state index is -0.205. The minimum absolute atomic E-state index is 0.0716. The van der Waals surface area contributed by atoms with Gasteiger partial charge in [0.2, 0.25) is 0 Å². The number of aromatic nitrogens is 1. The van der Waals surface area contributed by atoms with Crippen molar-refractivity contribution in [3.8, 4) is 0 Å². The topological polar surface area (TPSA) is 62.3 Å². The van der Waals surface area contributed by atoms with Crippen molar-refractivity contribution in [2.45, 2.75) is 6.92 Å². The highest BCUT2D eigenvalue weighted by atomic mass is 32.2. The van der Waals surface area contributed by atoms with E-state index in [1.165, 1.54) is 11.3 Å². The Balaban J connectivity index is 1.70. The fraction of sp³-hybridized carbons (Fsp3) is 0.267. The maximum Gasteiger partial charge on any atom is 0.274 e. The summed E-state index contributed by atoms with van der Waals surface area (Å²) in [4.78, 5) is 30.4. The number of carbonyl (C=O) groups excluding carboxylic acids is 2. The number of benzene rings is 1. The number of amides is 2. The van der Waals surface area contributed by atoms with E-state index in [-0.39, 0.29) is 11.8 Å². The van der Waals surface area contributed by atoms with Crippen molar-refractivity contribution in [1.29, 1.82) is 0 Å². The molecule has 114 valence electrons. The Morgan fingerprint density at radius 1 is 1.32 bits per heavy atom. The lowest BCUT2D eigenvalue weighted by atomic mass is 10.1. The summed E-state index contributed by atoms with van der Waals surface area (Å²) in [7, 11) is 0. The number of rotatable bonds is 3. The van der Waals surface area contributed by atoms with Gasteiger partial charge in [0.05, 0.1) is 5.88 Å². The summed E-state index contributed by atoms with van der Waals surface area (Å²) < 4.78 is 0. The molecule has 1 N–H and O–H groups in total. The normalized spacial score (nSPS) is 14.1. The molecule has 1 aliphatic heterocycles. The molecule has 0 unspecified atom stereocenters. The van der Waals surface area contributed by atoms with Gasteiger partial charge >= 0.3 is 0 Å². The molecule has 2 heterocycles. The number of nitrogens with zero attached hydrogens (tertiary/aromatic N) is 2. The molecule has 1 aromatic heterocycles. The SMILES string of the molecule is Cc1ccccc1C(=O)Nc1nc(C(=O)N2CCSC2)cs1. The highest BCUT2D eigenvalue weighted by molar-refractivity contribution is 7.99. The second-order valence-electron chi connectivity index (χ2n) is 4.91. The minimum Gasteiger partial charge on any atom is -0.327 e. The third-order valence-corrected chi connectivity index (χ3v) is 5.10. The lowest BCUT2D eigenvalue weighted by Crippen LogP contribution is -2.28. The third-order valence-electron chi connectivity index (χ3n) is 3.37. The molecule has 22 heavy (non-hydrogen) atoms. The van der Waals surface area contributed by atoms with E-state index >= 15 is 0 Å². The van der Waals surface area contributed by atoms with Crippen LogP contribution >= 0.6 is 23.1 Å². The zero-order chi connectivity index (χ0) is 15.5. The molecular weight excluding hydrogens is 318 g/mol. The first-order valence-electron chi connectivity index (χ1n) is 6.84. The van der Waals surface area contributed by atoms with Crippen molar-refractivity contribution >= 4 is 40.0 Å². The van der Waals surface area contributed by atoms with E-state index in [0.717, 1.165) is 17.9 Å². The zero-order valence-electron chi connectivity index (χ0n) is 12.0. The maximum absolute atomic E-state index is 12.2. The Morgan fingerprint density at radius 3 is 2.86 bits per heavy atom. The van der Waals surface area contributed by atoms with Crippen LogP contribution in [0, 0.1) is 6.92 Å². The third kappa shape index (κ3) is 3.15. The second-order valence-corrected chi connectivity index (χ2v) is 6.85. The molecule has 0 saturated carbocycles. The number of hydrogen-bond acceptors (Lipinski definition) is 5. The van der Waals surface area contributed by atoms with Crippen molar-refractivity contribution in [3.05, 3.63) is 46.5 Å². The Hall–Kier alpha value is -1.86. The molecule has 2 amide bonds. The van der Waals surface area contributed by atoms with Crippen LogP contribution in [0.5, 0.6) is 0 Å². The van der Waals surface area contributed by atoms with E-state index < -0.39 is 0 Å². The van der Waals surface area contributed by atoms with Crippen LogP contribution in [0.3, 0.4) is 0 Å². The van der Waals surface area contributed by atoms with Crippen LogP contribution in [-0.2, 0) is 0 Å². The lowest BCUT2D eigenvalue weighted by Gasteiger charge is -2.11. The molecule has 0 radical (unpaired) electrons. The van der Waals surface area contributed by atoms with Crippen LogP contribution < -0.4 is 5.32 Å². The van der Waals surface area contributed by atoms with Gasteiger partial charge in [-0.15, -0.1) is 23.1 Å². The van der Waals surface area contributed by atoms with Crippen LogP contribution in [0.1, 0.15) is 26.4 Å². The number of hydrogen-bond donors (Lipinski definition) is 1. The average Bonchev–Trinajstić information content (AvgIpc) is 3.18. The van der Waals surface area contributed by atoms with E-state index in [2.05, 4.69) is 10.3 Å². The van der Waals surface area contributed by atoms with Crippen molar-refractivity contribution in [3.63, 3.8) is 0 Å². The Morgan fingerprint density at radius 2 is 2.14 bits per heavy atom. The van der Waals surface area contributed by atoms with Gasteiger partial charge in [0.15, 0.2) is 5.13 Å². The van der Waals surface area contributed by atoms with Crippen LogP contribution in [0.4, 0.5) is 5.13 Å². The molecule has 1 fully saturated rings. The van der Waals surface area contributed by atoms with Gasteiger partial charge in [-0.3, -0.25) is 14.9 Å². The van der Waals surface area contributed by atoms with Crippen LogP contribution in [0.15, 0.2) is 29.6 Å². The summed E-state index contributed by atoms with van der Waals surface area (Å²) in [5.41, 5.74) is 1.91. The summed E-state index contributed by atoms with van der Waals surface area (Å²) in [6.45, 7) is 2.64. The molecule has 2 aromatic rings. The van der Waals surface area contributed by atoms with E-state index in [1.54, 1.807) is 28.1 Å². The number of anilines is 1. The molecule has 1 aliphatic rings. The second kappa shape index (κ2) is 6.50.